The lowest BCUT2D eigenvalue weighted by atomic mass is 9.97. The second-order valence-corrected chi connectivity index (χ2v) is 6.65. The lowest BCUT2D eigenvalue weighted by Gasteiger charge is -2.09. The predicted molar refractivity (Wildman–Crippen MR) is 85.0 cm³/mol. The molecule has 2 heterocycles. The highest BCUT2D eigenvalue weighted by molar-refractivity contribution is 7.18. The molecule has 0 atom stereocenters. The van der Waals surface area contributed by atoms with Gasteiger partial charge < -0.3 is 4.42 Å². The van der Waals surface area contributed by atoms with Gasteiger partial charge in [-0.2, -0.15) is 0 Å². The van der Waals surface area contributed by atoms with Gasteiger partial charge in [0.15, 0.2) is 0 Å². The van der Waals surface area contributed by atoms with Crippen LogP contribution in [0.25, 0.3) is 21.7 Å². The Morgan fingerprint density at radius 1 is 1.24 bits per heavy atom. The van der Waals surface area contributed by atoms with Crippen LogP contribution in [0.15, 0.2) is 33.5 Å². The van der Waals surface area contributed by atoms with Crippen molar-refractivity contribution < 1.29 is 4.42 Å². The molecule has 0 saturated carbocycles. The molecule has 21 heavy (non-hydrogen) atoms. The van der Waals surface area contributed by atoms with Crippen LogP contribution in [-0.4, -0.2) is 4.98 Å². The molecule has 0 radical (unpaired) electrons. The van der Waals surface area contributed by atoms with Crippen molar-refractivity contribution >= 4 is 21.6 Å². The van der Waals surface area contributed by atoms with Gasteiger partial charge in [0, 0.05) is 10.4 Å². The van der Waals surface area contributed by atoms with E-state index in [4.69, 9.17) is 4.42 Å². The molecule has 0 spiro atoms. The lowest BCUT2D eigenvalue weighted by molar-refractivity contribution is 0.518. The zero-order valence-corrected chi connectivity index (χ0v) is 12.6. The standard InChI is InChI=1S/C17H15NO2S/c1-10-5-4-6-11(9-10)15-18-16-14(17(19)20-15)12-7-2-3-8-13(12)21-16/h4-6,9H,2-3,7-8H2,1H3. The third-order valence-corrected chi connectivity index (χ3v) is 5.20. The van der Waals surface area contributed by atoms with E-state index in [0.717, 1.165) is 35.2 Å². The van der Waals surface area contributed by atoms with Gasteiger partial charge in [0.05, 0.1) is 0 Å². The van der Waals surface area contributed by atoms with Crippen molar-refractivity contribution in [2.24, 2.45) is 0 Å². The Labute approximate surface area is 126 Å². The molecule has 1 aliphatic carbocycles. The first-order valence-electron chi connectivity index (χ1n) is 7.25. The first-order chi connectivity index (χ1) is 10.2. The minimum absolute atomic E-state index is 0.240. The number of fused-ring (bicyclic) bond motifs is 3. The molecule has 0 saturated heterocycles. The van der Waals surface area contributed by atoms with Crippen molar-refractivity contribution in [3.63, 3.8) is 0 Å². The summed E-state index contributed by atoms with van der Waals surface area (Å²) in [7, 11) is 0. The molecule has 2 aromatic heterocycles. The van der Waals surface area contributed by atoms with Crippen LogP contribution in [0.3, 0.4) is 0 Å². The molecule has 3 nitrogen and oxygen atoms in total. The zero-order chi connectivity index (χ0) is 14.4. The van der Waals surface area contributed by atoms with E-state index in [0.29, 0.717) is 11.3 Å². The maximum absolute atomic E-state index is 12.4. The smallest absolute Gasteiger partial charge is 0.348 e. The van der Waals surface area contributed by atoms with E-state index in [1.807, 2.05) is 31.2 Å². The van der Waals surface area contributed by atoms with Gasteiger partial charge in [-0.3, -0.25) is 0 Å². The molecule has 0 amide bonds. The summed E-state index contributed by atoms with van der Waals surface area (Å²) in [4.78, 5) is 19.1. The molecule has 0 unspecified atom stereocenters. The lowest BCUT2D eigenvalue weighted by Crippen LogP contribution is -2.06. The quantitative estimate of drug-likeness (QED) is 0.679. The van der Waals surface area contributed by atoms with Crippen LogP contribution in [0.5, 0.6) is 0 Å². The Hall–Kier alpha value is -1.94. The van der Waals surface area contributed by atoms with E-state index in [9.17, 15) is 4.79 Å². The number of thiophene rings is 1. The Balaban J connectivity index is 1.96. The maximum atomic E-state index is 12.4. The molecule has 106 valence electrons. The van der Waals surface area contributed by atoms with Crippen molar-refractivity contribution in [2.75, 3.05) is 0 Å². The molecule has 0 aliphatic heterocycles. The van der Waals surface area contributed by atoms with E-state index >= 15 is 0 Å². The average molecular weight is 297 g/mol. The Kier molecular flexibility index (Phi) is 2.93. The summed E-state index contributed by atoms with van der Waals surface area (Å²) in [5, 5.41) is 0.714. The summed E-state index contributed by atoms with van der Waals surface area (Å²) in [6, 6.07) is 7.89. The van der Waals surface area contributed by atoms with Crippen LogP contribution >= 0.6 is 11.3 Å². The van der Waals surface area contributed by atoms with E-state index in [2.05, 4.69) is 4.98 Å². The van der Waals surface area contributed by atoms with Gasteiger partial charge in [-0.25, -0.2) is 9.78 Å². The van der Waals surface area contributed by atoms with Gasteiger partial charge in [0.25, 0.3) is 0 Å². The minimum atomic E-state index is -0.240. The average Bonchev–Trinajstić information content (AvgIpc) is 2.86. The fourth-order valence-corrected chi connectivity index (χ4v) is 4.24. The molecule has 1 aliphatic rings. The molecule has 0 bridgehead atoms. The maximum Gasteiger partial charge on any atom is 0.348 e. The molecule has 0 N–H and O–H groups in total. The Morgan fingerprint density at radius 2 is 2.10 bits per heavy atom. The normalized spacial score (nSPS) is 14.3. The molecule has 1 aromatic carbocycles. The van der Waals surface area contributed by atoms with Crippen molar-refractivity contribution in [1.29, 1.82) is 0 Å². The first kappa shape index (κ1) is 12.8. The second kappa shape index (κ2) is 4.81. The van der Waals surface area contributed by atoms with Crippen molar-refractivity contribution in [1.82, 2.24) is 4.98 Å². The van der Waals surface area contributed by atoms with Gasteiger partial charge in [-0.15, -0.1) is 11.3 Å². The fourth-order valence-electron chi connectivity index (χ4n) is 3.00. The van der Waals surface area contributed by atoms with E-state index in [-0.39, 0.29) is 5.63 Å². The highest BCUT2D eigenvalue weighted by atomic mass is 32.1. The molecule has 4 rings (SSSR count). The van der Waals surface area contributed by atoms with Crippen LogP contribution in [0.4, 0.5) is 0 Å². The van der Waals surface area contributed by atoms with Crippen LogP contribution in [0.1, 0.15) is 28.8 Å². The third kappa shape index (κ3) is 2.10. The van der Waals surface area contributed by atoms with Crippen molar-refractivity contribution in [2.45, 2.75) is 32.6 Å². The van der Waals surface area contributed by atoms with E-state index < -0.39 is 0 Å². The number of aromatic nitrogens is 1. The highest BCUT2D eigenvalue weighted by Gasteiger charge is 2.21. The number of aryl methyl sites for hydroxylation is 3. The first-order valence-corrected chi connectivity index (χ1v) is 8.06. The number of benzene rings is 1. The molecular formula is C17H15NO2S. The highest BCUT2D eigenvalue weighted by Crippen LogP contribution is 2.34. The summed E-state index contributed by atoms with van der Waals surface area (Å²) in [5.74, 6) is 0.426. The van der Waals surface area contributed by atoms with Crippen LogP contribution in [0, 0.1) is 6.92 Å². The number of nitrogens with zero attached hydrogens (tertiary/aromatic N) is 1. The topological polar surface area (TPSA) is 43.1 Å². The number of hydrogen-bond acceptors (Lipinski definition) is 4. The van der Waals surface area contributed by atoms with Gasteiger partial charge in [0.1, 0.15) is 10.2 Å². The Morgan fingerprint density at radius 3 is 2.95 bits per heavy atom. The third-order valence-electron chi connectivity index (χ3n) is 4.01. The molecule has 0 fully saturated rings. The molecule has 4 heteroatoms. The SMILES string of the molecule is Cc1cccc(-c2nc3sc4c(c3c(=O)o2)CCCC4)c1. The summed E-state index contributed by atoms with van der Waals surface area (Å²) in [6.07, 6.45) is 4.40. The van der Waals surface area contributed by atoms with Crippen LogP contribution in [-0.2, 0) is 12.8 Å². The zero-order valence-electron chi connectivity index (χ0n) is 11.8. The van der Waals surface area contributed by atoms with Gasteiger partial charge in [-0.1, -0.05) is 17.7 Å². The molecular weight excluding hydrogens is 282 g/mol. The Bertz CT molecular complexity index is 891. The van der Waals surface area contributed by atoms with Crippen molar-refractivity contribution in [3.8, 4) is 11.5 Å². The van der Waals surface area contributed by atoms with Crippen LogP contribution < -0.4 is 5.63 Å². The summed E-state index contributed by atoms with van der Waals surface area (Å²) < 4.78 is 5.50. The second-order valence-electron chi connectivity index (χ2n) is 5.57. The van der Waals surface area contributed by atoms with Gasteiger partial charge in [0.2, 0.25) is 5.89 Å². The van der Waals surface area contributed by atoms with Crippen molar-refractivity contribution in [3.05, 3.63) is 50.7 Å². The summed E-state index contributed by atoms with van der Waals surface area (Å²) >= 11 is 1.66. The molecule has 3 aromatic rings. The number of rotatable bonds is 1. The fraction of sp³-hybridized carbons (Fsp3) is 0.294. The number of hydrogen-bond donors (Lipinski definition) is 0. The van der Waals surface area contributed by atoms with Gasteiger partial charge in [-0.05, 0) is 50.3 Å². The van der Waals surface area contributed by atoms with E-state index in [1.54, 1.807) is 11.3 Å². The van der Waals surface area contributed by atoms with E-state index in [1.165, 1.54) is 16.9 Å². The minimum Gasteiger partial charge on any atom is -0.403 e. The monoisotopic (exact) mass is 297 g/mol. The van der Waals surface area contributed by atoms with Gasteiger partial charge >= 0.3 is 5.63 Å². The summed E-state index contributed by atoms with van der Waals surface area (Å²) in [6.45, 7) is 2.02. The van der Waals surface area contributed by atoms with Crippen LogP contribution in [0.2, 0.25) is 0 Å². The largest absolute Gasteiger partial charge is 0.403 e. The predicted octanol–water partition coefficient (Wildman–Crippen LogP) is 4.10. The summed E-state index contributed by atoms with van der Waals surface area (Å²) in [5.41, 5.74) is 2.93.